The van der Waals surface area contributed by atoms with E-state index in [4.69, 9.17) is 23.2 Å². The molecule has 22 heavy (non-hydrogen) atoms. The largest absolute Gasteiger partial charge is 0.384 e. The van der Waals surface area contributed by atoms with Crippen LogP contribution in [-0.4, -0.2) is 21.6 Å². The number of pyridine rings is 1. The SMILES string of the molecule is CC(O)(CNc1ncc(Cl)cc1[N+](=O)[O-])c1ccccc1Cl. The lowest BCUT2D eigenvalue weighted by molar-refractivity contribution is -0.384. The highest BCUT2D eigenvalue weighted by Crippen LogP contribution is 2.30. The van der Waals surface area contributed by atoms with Crippen molar-refractivity contribution in [1.82, 2.24) is 4.98 Å². The summed E-state index contributed by atoms with van der Waals surface area (Å²) >= 11 is 11.8. The van der Waals surface area contributed by atoms with Crippen LogP contribution in [0.1, 0.15) is 12.5 Å². The number of hydrogen-bond acceptors (Lipinski definition) is 5. The second-order valence-electron chi connectivity index (χ2n) is 4.89. The van der Waals surface area contributed by atoms with Gasteiger partial charge < -0.3 is 10.4 Å². The molecule has 2 aromatic rings. The lowest BCUT2D eigenvalue weighted by Crippen LogP contribution is -2.31. The molecule has 0 amide bonds. The van der Waals surface area contributed by atoms with Crippen LogP contribution in [0.4, 0.5) is 11.5 Å². The third-order valence-electron chi connectivity index (χ3n) is 3.09. The van der Waals surface area contributed by atoms with E-state index >= 15 is 0 Å². The summed E-state index contributed by atoms with van der Waals surface area (Å²) in [5.74, 6) is 0.0294. The van der Waals surface area contributed by atoms with Gasteiger partial charge in [0.25, 0.3) is 0 Å². The molecule has 1 aromatic carbocycles. The predicted octanol–water partition coefficient (Wildman–Crippen LogP) is 3.62. The first-order valence-electron chi connectivity index (χ1n) is 6.32. The number of nitrogens with one attached hydrogen (secondary N) is 1. The molecule has 116 valence electrons. The maximum absolute atomic E-state index is 11.0. The Morgan fingerprint density at radius 1 is 1.41 bits per heavy atom. The average molecular weight is 342 g/mol. The van der Waals surface area contributed by atoms with Crippen molar-refractivity contribution in [3.05, 3.63) is 62.3 Å². The maximum Gasteiger partial charge on any atom is 0.312 e. The molecule has 0 aliphatic rings. The summed E-state index contributed by atoms with van der Waals surface area (Å²) < 4.78 is 0. The Labute approximate surface area is 136 Å². The Morgan fingerprint density at radius 3 is 2.73 bits per heavy atom. The molecule has 1 aromatic heterocycles. The van der Waals surface area contributed by atoms with E-state index < -0.39 is 10.5 Å². The van der Waals surface area contributed by atoms with Crippen LogP contribution in [0.25, 0.3) is 0 Å². The molecule has 2 N–H and O–H groups in total. The first kappa shape index (κ1) is 16.5. The number of aliphatic hydroxyl groups is 1. The molecule has 0 aliphatic carbocycles. The minimum Gasteiger partial charge on any atom is -0.384 e. The Balaban J connectivity index is 2.23. The number of rotatable bonds is 5. The van der Waals surface area contributed by atoms with E-state index in [2.05, 4.69) is 10.3 Å². The summed E-state index contributed by atoms with van der Waals surface area (Å²) in [6.45, 7) is 1.55. The van der Waals surface area contributed by atoms with Crippen LogP contribution < -0.4 is 5.32 Å². The molecule has 0 spiro atoms. The van der Waals surface area contributed by atoms with Crippen molar-refractivity contribution in [2.75, 3.05) is 11.9 Å². The zero-order valence-electron chi connectivity index (χ0n) is 11.6. The summed E-state index contributed by atoms with van der Waals surface area (Å²) in [5, 5.41) is 24.9. The molecule has 1 unspecified atom stereocenters. The summed E-state index contributed by atoms with van der Waals surface area (Å²) in [7, 11) is 0. The molecule has 0 fully saturated rings. The van der Waals surface area contributed by atoms with E-state index in [1.807, 2.05) is 0 Å². The second kappa shape index (κ2) is 6.48. The maximum atomic E-state index is 11.0. The minimum atomic E-state index is -1.33. The van der Waals surface area contributed by atoms with Crippen molar-refractivity contribution >= 4 is 34.7 Å². The van der Waals surface area contributed by atoms with Gasteiger partial charge in [0.2, 0.25) is 5.82 Å². The number of aromatic nitrogens is 1. The number of nitro groups is 1. The Bertz CT molecular complexity index is 707. The van der Waals surface area contributed by atoms with Crippen molar-refractivity contribution in [3.8, 4) is 0 Å². The third kappa shape index (κ3) is 3.65. The molecule has 0 saturated carbocycles. The first-order valence-corrected chi connectivity index (χ1v) is 7.08. The van der Waals surface area contributed by atoms with Crippen LogP contribution in [0.15, 0.2) is 36.5 Å². The summed E-state index contributed by atoms with van der Waals surface area (Å²) in [6.07, 6.45) is 1.29. The smallest absolute Gasteiger partial charge is 0.312 e. The average Bonchev–Trinajstić information content (AvgIpc) is 2.46. The lowest BCUT2D eigenvalue weighted by atomic mass is 9.96. The number of nitrogens with zero attached hydrogens (tertiary/aromatic N) is 2. The second-order valence-corrected chi connectivity index (χ2v) is 5.73. The molecule has 0 radical (unpaired) electrons. The number of hydrogen-bond donors (Lipinski definition) is 2. The van der Waals surface area contributed by atoms with Crippen molar-refractivity contribution in [3.63, 3.8) is 0 Å². The minimum absolute atomic E-state index is 0.00773. The fraction of sp³-hybridized carbons (Fsp3) is 0.214. The van der Waals surface area contributed by atoms with Gasteiger partial charge in [0, 0.05) is 29.4 Å². The van der Waals surface area contributed by atoms with Gasteiger partial charge >= 0.3 is 5.69 Å². The molecule has 0 aliphatic heterocycles. The molecule has 1 atom stereocenters. The van der Waals surface area contributed by atoms with Crippen molar-refractivity contribution < 1.29 is 10.0 Å². The van der Waals surface area contributed by atoms with Gasteiger partial charge in [-0.15, -0.1) is 0 Å². The molecule has 0 bridgehead atoms. The summed E-state index contributed by atoms with van der Waals surface area (Å²) in [6, 6.07) is 8.04. The number of halogens is 2. The fourth-order valence-electron chi connectivity index (χ4n) is 1.95. The Kier molecular flexibility index (Phi) is 4.85. The molecular formula is C14H13Cl2N3O3. The van der Waals surface area contributed by atoms with Crippen molar-refractivity contribution in [2.24, 2.45) is 0 Å². The van der Waals surface area contributed by atoms with Crippen LogP contribution in [0.5, 0.6) is 0 Å². The monoisotopic (exact) mass is 341 g/mol. The molecule has 1 heterocycles. The molecule has 2 rings (SSSR count). The van der Waals surface area contributed by atoms with Crippen LogP contribution in [0.3, 0.4) is 0 Å². The number of benzene rings is 1. The van der Waals surface area contributed by atoms with Gasteiger partial charge in [-0.2, -0.15) is 0 Å². The summed E-state index contributed by atoms with van der Waals surface area (Å²) in [5.41, 5.74) is -1.07. The lowest BCUT2D eigenvalue weighted by Gasteiger charge is -2.25. The van der Waals surface area contributed by atoms with Crippen LogP contribution in [-0.2, 0) is 5.60 Å². The zero-order valence-corrected chi connectivity index (χ0v) is 13.1. The number of anilines is 1. The highest BCUT2D eigenvalue weighted by atomic mass is 35.5. The quantitative estimate of drug-likeness (QED) is 0.640. The van der Waals surface area contributed by atoms with E-state index in [1.54, 1.807) is 31.2 Å². The highest BCUT2D eigenvalue weighted by molar-refractivity contribution is 6.31. The van der Waals surface area contributed by atoms with Crippen LogP contribution in [0, 0.1) is 10.1 Å². The van der Waals surface area contributed by atoms with Crippen molar-refractivity contribution in [2.45, 2.75) is 12.5 Å². The first-order chi connectivity index (χ1) is 10.3. The van der Waals surface area contributed by atoms with Gasteiger partial charge in [0.1, 0.15) is 5.60 Å². The Morgan fingerprint density at radius 2 is 2.09 bits per heavy atom. The molecule has 8 heteroatoms. The predicted molar refractivity (Wildman–Crippen MR) is 85.4 cm³/mol. The Hall–Kier alpha value is -1.89. The van der Waals surface area contributed by atoms with Gasteiger partial charge in [-0.25, -0.2) is 4.98 Å². The van der Waals surface area contributed by atoms with Crippen LogP contribution >= 0.6 is 23.2 Å². The van der Waals surface area contributed by atoms with Crippen LogP contribution in [0.2, 0.25) is 10.0 Å². The van der Waals surface area contributed by atoms with Gasteiger partial charge in [-0.05, 0) is 13.0 Å². The van der Waals surface area contributed by atoms with E-state index in [1.165, 1.54) is 12.3 Å². The topological polar surface area (TPSA) is 88.3 Å². The van der Waals surface area contributed by atoms with Gasteiger partial charge in [-0.1, -0.05) is 41.4 Å². The normalized spacial score (nSPS) is 13.5. The van der Waals surface area contributed by atoms with E-state index in [9.17, 15) is 15.2 Å². The molecule has 6 nitrogen and oxygen atoms in total. The van der Waals surface area contributed by atoms with E-state index in [-0.39, 0.29) is 23.1 Å². The zero-order chi connectivity index (χ0) is 16.3. The standard InChI is InChI=1S/C14H13Cl2N3O3/c1-14(20,10-4-2-3-5-11(10)16)8-18-13-12(19(21)22)6-9(15)7-17-13/h2-7,20H,8H2,1H3,(H,17,18). The molecular weight excluding hydrogens is 329 g/mol. The van der Waals surface area contributed by atoms with Gasteiger partial charge in [-0.3, -0.25) is 10.1 Å². The van der Waals surface area contributed by atoms with Gasteiger partial charge in [0.15, 0.2) is 0 Å². The van der Waals surface area contributed by atoms with E-state index in [0.29, 0.717) is 10.6 Å². The highest BCUT2D eigenvalue weighted by Gasteiger charge is 2.27. The third-order valence-corrected chi connectivity index (χ3v) is 3.62. The molecule has 0 saturated heterocycles. The van der Waals surface area contributed by atoms with E-state index in [0.717, 1.165) is 0 Å². The van der Waals surface area contributed by atoms with Crippen molar-refractivity contribution in [1.29, 1.82) is 0 Å². The van der Waals surface area contributed by atoms with Gasteiger partial charge in [0.05, 0.1) is 9.95 Å². The summed E-state index contributed by atoms with van der Waals surface area (Å²) in [4.78, 5) is 14.3. The fourth-order valence-corrected chi connectivity index (χ4v) is 2.44.